The first-order valence-corrected chi connectivity index (χ1v) is 10.7. The largest absolute Gasteiger partial charge is 0.464 e. The Morgan fingerprint density at radius 3 is 2.38 bits per heavy atom. The third-order valence-corrected chi connectivity index (χ3v) is 5.26. The lowest BCUT2D eigenvalue weighted by molar-refractivity contribution is -0.143. The zero-order valence-electron chi connectivity index (χ0n) is 19.2. The highest BCUT2D eigenvalue weighted by Crippen LogP contribution is 2.14. The van der Waals surface area contributed by atoms with Crippen LogP contribution in [0.5, 0.6) is 0 Å². The van der Waals surface area contributed by atoms with Gasteiger partial charge >= 0.3 is 0 Å². The molecule has 0 aliphatic carbocycles. The number of para-hydroxylation sites is 1. The summed E-state index contributed by atoms with van der Waals surface area (Å²) < 4.78 is 28.9. The zero-order valence-corrected chi connectivity index (χ0v) is 19.2. The Morgan fingerprint density at radius 1 is 0.941 bits per heavy atom. The van der Waals surface area contributed by atoms with E-state index in [1.54, 1.807) is 36.4 Å². The number of carbonyl (C=O) groups excluding carboxylic acids is 2. The van der Waals surface area contributed by atoms with Crippen molar-refractivity contribution in [2.75, 3.05) is 40.5 Å². The van der Waals surface area contributed by atoms with E-state index < -0.39 is 11.7 Å². The molecule has 3 aromatic rings. The maximum Gasteiger partial charge on any atom is 0.249 e. The summed E-state index contributed by atoms with van der Waals surface area (Å²) in [6.45, 7) is 0.110. The van der Waals surface area contributed by atoms with E-state index in [1.165, 1.54) is 42.4 Å². The van der Waals surface area contributed by atoms with Crippen LogP contribution in [0.4, 0.5) is 4.39 Å². The number of hydrogen-bond donors (Lipinski definition) is 0. The molecule has 0 fully saturated rings. The second-order valence-electron chi connectivity index (χ2n) is 7.70. The van der Waals surface area contributed by atoms with E-state index in [1.807, 2.05) is 0 Å². The molecule has 0 saturated carbocycles. The van der Waals surface area contributed by atoms with Crippen LogP contribution in [0, 0.1) is 5.82 Å². The molecular weight excluding hydrogens is 443 g/mol. The quantitative estimate of drug-likeness (QED) is 0.428. The number of methoxy groups -OCH3 is 2. The normalized spacial score (nSPS) is 10.9. The minimum absolute atomic E-state index is 0.0417. The molecule has 1 aromatic heterocycles. The summed E-state index contributed by atoms with van der Waals surface area (Å²) in [6, 6.07) is 12.6. The minimum atomic E-state index is -0.396. The fourth-order valence-corrected chi connectivity index (χ4v) is 3.45. The lowest BCUT2D eigenvalue weighted by Crippen LogP contribution is -2.45. The van der Waals surface area contributed by atoms with Crippen LogP contribution in [-0.4, -0.2) is 62.1 Å². The molecule has 0 N–H and O–H groups in total. The molecule has 180 valence electrons. The first kappa shape index (κ1) is 25.1. The highest BCUT2D eigenvalue weighted by atomic mass is 19.1. The molecule has 0 bridgehead atoms. The molecule has 8 nitrogen and oxygen atoms in total. The smallest absolute Gasteiger partial charge is 0.249 e. The van der Waals surface area contributed by atoms with E-state index in [0.29, 0.717) is 22.1 Å². The molecule has 0 unspecified atom stereocenters. The van der Waals surface area contributed by atoms with Crippen molar-refractivity contribution in [1.82, 2.24) is 9.80 Å². The summed E-state index contributed by atoms with van der Waals surface area (Å²) in [4.78, 5) is 41.5. The summed E-state index contributed by atoms with van der Waals surface area (Å²) >= 11 is 0. The lowest BCUT2D eigenvalue weighted by atomic mass is 10.1. The van der Waals surface area contributed by atoms with Crippen molar-refractivity contribution >= 4 is 22.8 Å². The van der Waals surface area contributed by atoms with Gasteiger partial charge in [-0.1, -0.05) is 24.3 Å². The summed E-state index contributed by atoms with van der Waals surface area (Å²) in [6.07, 6.45) is 1.34. The zero-order chi connectivity index (χ0) is 24.5. The molecule has 0 radical (unpaired) electrons. The number of carbonyl (C=O) groups is 2. The Labute approximate surface area is 196 Å². The number of fused-ring (bicyclic) bond motifs is 1. The minimum Gasteiger partial charge on any atom is -0.464 e. The predicted molar refractivity (Wildman–Crippen MR) is 123 cm³/mol. The number of benzene rings is 2. The lowest BCUT2D eigenvalue weighted by Gasteiger charge is -2.27. The molecule has 0 spiro atoms. The van der Waals surface area contributed by atoms with Crippen molar-refractivity contribution in [2.24, 2.45) is 0 Å². The molecule has 0 saturated heterocycles. The van der Waals surface area contributed by atoms with Crippen molar-refractivity contribution < 1.29 is 27.9 Å². The monoisotopic (exact) mass is 470 g/mol. The topological polar surface area (TPSA) is 89.3 Å². The van der Waals surface area contributed by atoms with Gasteiger partial charge in [-0.05, 0) is 29.8 Å². The van der Waals surface area contributed by atoms with Crippen molar-refractivity contribution in [3.63, 3.8) is 0 Å². The summed E-state index contributed by atoms with van der Waals surface area (Å²) in [5.41, 5.74) is 1.17. The summed E-state index contributed by atoms with van der Waals surface area (Å²) in [5, 5.41) is 0.408. The Bertz CT molecular complexity index is 1180. The molecule has 1 heterocycles. The Kier molecular flexibility index (Phi) is 8.89. The molecule has 0 aliphatic rings. The maximum atomic E-state index is 13.4. The number of hydrogen-bond acceptors (Lipinski definition) is 6. The van der Waals surface area contributed by atoms with Gasteiger partial charge in [0, 0.05) is 27.3 Å². The van der Waals surface area contributed by atoms with E-state index in [9.17, 15) is 18.8 Å². The van der Waals surface area contributed by atoms with Gasteiger partial charge in [0.15, 0.2) is 5.43 Å². The van der Waals surface area contributed by atoms with Gasteiger partial charge in [-0.25, -0.2) is 4.39 Å². The molecule has 2 aromatic carbocycles. The van der Waals surface area contributed by atoms with Crippen LogP contribution >= 0.6 is 0 Å². The Hall–Kier alpha value is -3.56. The summed E-state index contributed by atoms with van der Waals surface area (Å²) in [7, 11) is 2.90. The second-order valence-corrected chi connectivity index (χ2v) is 7.70. The van der Waals surface area contributed by atoms with Gasteiger partial charge in [0.2, 0.25) is 11.8 Å². The number of ether oxygens (including phenoxy) is 2. The molecule has 0 atom stereocenters. The van der Waals surface area contributed by atoms with Crippen molar-refractivity contribution in [3.8, 4) is 0 Å². The first-order valence-electron chi connectivity index (χ1n) is 10.7. The first-order chi connectivity index (χ1) is 16.4. The molecule has 0 aliphatic heterocycles. The van der Waals surface area contributed by atoms with Gasteiger partial charge in [0.1, 0.15) is 18.0 Å². The highest BCUT2D eigenvalue weighted by molar-refractivity contribution is 5.85. The Morgan fingerprint density at radius 2 is 1.68 bits per heavy atom. The number of halogens is 1. The van der Waals surface area contributed by atoms with Crippen molar-refractivity contribution in [1.29, 1.82) is 0 Å². The van der Waals surface area contributed by atoms with Crippen LogP contribution in [0.25, 0.3) is 11.0 Å². The van der Waals surface area contributed by atoms with Crippen LogP contribution in [0.1, 0.15) is 11.1 Å². The van der Waals surface area contributed by atoms with Gasteiger partial charge in [-0.3, -0.25) is 14.4 Å². The van der Waals surface area contributed by atoms with Crippen molar-refractivity contribution in [3.05, 3.63) is 82.0 Å². The number of nitrogens with zero attached hydrogens (tertiary/aromatic N) is 2. The summed E-state index contributed by atoms with van der Waals surface area (Å²) in [5.74, 6) is -1.15. The van der Waals surface area contributed by atoms with Crippen molar-refractivity contribution in [2.45, 2.75) is 13.1 Å². The van der Waals surface area contributed by atoms with E-state index in [0.717, 1.165) is 0 Å². The van der Waals surface area contributed by atoms with Gasteiger partial charge in [0.25, 0.3) is 0 Å². The number of amides is 2. The van der Waals surface area contributed by atoms with Gasteiger partial charge in [-0.2, -0.15) is 0 Å². The average Bonchev–Trinajstić information content (AvgIpc) is 2.84. The third kappa shape index (κ3) is 6.49. The van der Waals surface area contributed by atoms with Crippen LogP contribution in [0.3, 0.4) is 0 Å². The van der Waals surface area contributed by atoms with Gasteiger partial charge in [-0.15, -0.1) is 0 Å². The van der Waals surface area contributed by atoms with Crippen LogP contribution in [0.15, 0.2) is 64.0 Å². The standard InChI is InChI=1S/C25H27FN2O6/c1-32-12-11-27(24(30)17-33-2)15-23(29)28(13-18-7-9-20(26)10-8-18)14-19-16-34-22-6-4-3-5-21(22)25(19)31/h3-10,16H,11-15,17H2,1-2H3. The van der Waals surface area contributed by atoms with Gasteiger partial charge < -0.3 is 23.7 Å². The molecule has 34 heavy (non-hydrogen) atoms. The van der Waals surface area contributed by atoms with Crippen LogP contribution < -0.4 is 5.43 Å². The highest BCUT2D eigenvalue weighted by Gasteiger charge is 2.23. The second kappa shape index (κ2) is 12.1. The molecule has 2 amide bonds. The maximum absolute atomic E-state index is 13.4. The number of rotatable bonds is 11. The average molecular weight is 470 g/mol. The van der Waals surface area contributed by atoms with E-state index >= 15 is 0 Å². The SMILES string of the molecule is COCCN(CC(=O)N(Cc1ccc(F)cc1)Cc1coc2ccccc2c1=O)C(=O)COC. The third-order valence-electron chi connectivity index (χ3n) is 5.26. The molecule has 3 rings (SSSR count). The van der Waals surface area contributed by atoms with Crippen LogP contribution in [0.2, 0.25) is 0 Å². The van der Waals surface area contributed by atoms with E-state index in [-0.39, 0.29) is 50.7 Å². The van der Waals surface area contributed by atoms with Crippen LogP contribution in [-0.2, 0) is 32.2 Å². The Balaban J connectivity index is 1.88. The van der Waals surface area contributed by atoms with Gasteiger partial charge in [0.05, 0.1) is 36.9 Å². The molecular formula is C25H27FN2O6. The van der Waals surface area contributed by atoms with E-state index in [4.69, 9.17) is 13.9 Å². The predicted octanol–water partition coefficient (Wildman–Crippen LogP) is 2.58. The molecule has 9 heteroatoms. The fraction of sp³-hybridized carbons (Fsp3) is 0.320. The van der Waals surface area contributed by atoms with E-state index in [2.05, 4.69) is 0 Å². The fourth-order valence-electron chi connectivity index (χ4n) is 3.45.